The molecule has 0 unspecified atom stereocenters. The van der Waals surface area contributed by atoms with Gasteiger partial charge in [0.15, 0.2) is 0 Å². The van der Waals surface area contributed by atoms with Crippen LogP contribution in [-0.2, 0) is 6.54 Å². The lowest BCUT2D eigenvalue weighted by Crippen LogP contribution is -2.36. The second-order valence-corrected chi connectivity index (χ2v) is 7.51. The minimum atomic E-state index is -0.408. The molecule has 24 heavy (non-hydrogen) atoms. The van der Waals surface area contributed by atoms with Gasteiger partial charge in [0.2, 0.25) is 0 Å². The van der Waals surface area contributed by atoms with Crippen molar-refractivity contribution in [3.63, 3.8) is 0 Å². The van der Waals surface area contributed by atoms with Crippen molar-refractivity contribution in [2.75, 3.05) is 19.6 Å². The van der Waals surface area contributed by atoms with E-state index in [1.807, 2.05) is 0 Å². The number of nitro groups is 1. The zero-order valence-corrected chi connectivity index (χ0v) is 14.9. The minimum absolute atomic E-state index is 0.0514. The molecule has 130 valence electrons. The van der Waals surface area contributed by atoms with E-state index >= 15 is 0 Å². The van der Waals surface area contributed by atoms with E-state index in [2.05, 4.69) is 29.2 Å². The molecule has 2 aromatic heterocycles. The van der Waals surface area contributed by atoms with Crippen LogP contribution in [0.15, 0.2) is 17.8 Å². The number of aromatic nitrogens is 3. The second kappa shape index (κ2) is 7.40. The molecule has 1 aliphatic heterocycles. The van der Waals surface area contributed by atoms with Crippen molar-refractivity contribution in [3.8, 4) is 0 Å². The smallest absolute Gasteiger partial charge is 0.301 e. The van der Waals surface area contributed by atoms with Crippen molar-refractivity contribution in [1.29, 1.82) is 0 Å². The number of thiazole rings is 1. The van der Waals surface area contributed by atoms with Gasteiger partial charge in [-0.25, -0.2) is 4.98 Å². The summed E-state index contributed by atoms with van der Waals surface area (Å²) < 4.78 is 1.65. The molecule has 8 heteroatoms. The maximum atomic E-state index is 10.7. The predicted molar refractivity (Wildman–Crippen MR) is 93.5 cm³/mol. The van der Waals surface area contributed by atoms with Gasteiger partial charge in [-0.15, -0.1) is 11.3 Å². The third kappa shape index (κ3) is 3.99. The first-order valence-electron chi connectivity index (χ1n) is 8.37. The van der Waals surface area contributed by atoms with Crippen LogP contribution in [0.3, 0.4) is 0 Å². The SMILES string of the molecule is CC(C)c1csc([C@@H]2CCCN(CCn3cc([N+](=O)[O-])cn3)C2)n1. The maximum absolute atomic E-state index is 10.7. The molecule has 0 N–H and O–H groups in total. The fourth-order valence-electron chi connectivity index (χ4n) is 3.03. The van der Waals surface area contributed by atoms with Crippen molar-refractivity contribution in [1.82, 2.24) is 19.7 Å². The Morgan fingerprint density at radius 3 is 2.96 bits per heavy atom. The van der Waals surface area contributed by atoms with Crippen molar-refractivity contribution in [3.05, 3.63) is 38.6 Å². The molecule has 1 aliphatic rings. The van der Waals surface area contributed by atoms with E-state index in [9.17, 15) is 10.1 Å². The molecule has 0 saturated carbocycles. The van der Waals surface area contributed by atoms with Gasteiger partial charge in [0.25, 0.3) is 0 Å². The van der Waals surface area contributed by atoms with E-state index in [1.54, 1.807) is 16.0 Å². The molecule has 3 rings (SSSR count). The van der Waals surface area contributed by atoms with Crippen LogP contribution < -0.4 is 0 Å². The molecule has 0 aromatic carbocycles. The topological polar surface area (TPSA) is 77.1 Å². The average molecular weight is 349 g/mol. The molecule has 0 bridgehead atoms. The summed E-state index contributed by atoms with van der Waals surface area (Å²) in [6.45, 7) is 7.97. The zero-order chi connectivity index (χ0) is 17.1. The summed E-state index contributed by atoms with van der Waals surface area (Å²) in [5.74, 6) is 0.980. The number of nitrogens with zero attached hydrogens (tertiary/aromatic N) is 5. The lowest BCUT2D eigenvalue weighted by molar-refractivity contribution is -0.385. The van der Waals surface area contributed by atoms with Crippen LogP contribution in [0.25, 0.3) is 0 Å². The Balaban J connectivity index is 1.55. The van der Waals surface area contributed by atoms with Crippen molar-refractivity contribution >= 4 is 17.0 Å². The Hall–Kier alpha value is -1.80. The fourth-order valence-corrected chi connectivity index (χ4v) is 4.14. The summed E-state index contributed by atoms with van der Waals surface area (Å²) in [4.78, 5) is 17.5. The molecular weight excluding hydrogens is 326 g/mol. The van der Waals surface area contributed by atoms with E-state index in [0.717, 1.165) is 19.6 Å². The first-order chi connectivity index (χ1) is 11.5. The van der Waals surface area contributed by atoms with Gasteiger partial charge >= 0.3 is 5.69 Å². The molecule has 1 atom stereocenters. The molecule has 0 amide bonds. The minimum Gasteiger partial charge on any atom is -0.301 e. The highest BCUT2D eigenvalue weighted by Crippen LogP contribution is 2.30. The highest BCUT2D eigenvalue weighted by Gasteiger charge is 2.24. The van der Waals surface area contributed by atoms with Crippen molar-refractivity contribution in [2.24, 2.45) is 0 Å². The van der Waals surface area contributed by atoms with Gasteiger partial charge in [-0.3, -0.25) is 14.8 Å². The Kier molecular flexibility index (Phi) is 5.25. The van der Waals surface area contributed by atoms with Crippen LogP contribution in [0.4, 0.5) is 5.69 Å². The molecule has 1 saturated heterocycles. The first-order valence-corrected chi connectivity index (χ1v) is 9.25. The van der Waals surface area contributed by atoms with E-state index in [4.69, 9.17) is 4.98 Å². The standard InChI is InChI=1S/C16H23N5O2S/c1-12(2)15-11-24-16(18-15)13-4-3-5-19(9-13)6-7-20-10-14(8-17-20)21(22)23/h8,10-13H,3-7,9H2,1-2H3/t13-/m1/s1. The zero-order valence-electron chi connectivity index (χ0n) is 14.1. The Bertz CT molecular complexity index is 696. The van der Waals surface area contributed by atoms with Gasteiger partial charge in [-0.05, 0) is 25.3 Å². The van der Waals surface area contributed by atoms with Crippen LogP contribution in [0.1, 0.15) is 49.2 Å². The summed E-state index contributed by atoms with van der Waals surface area (Å²) >= 11 is 1.78. The average Bonchev–Trinajstić information content (AvgIpc) is 3.23. The van der Waals surface area contributed by atoms with E-state index in [0.29, 0.717) is 18.4 Å². The normalized spacial score (nSPS) is 19.0. The third-order valence-corrected chi connectivity index (χ3v) is 5.49. The molecule has 0 aliphatic carbocycles. The molecular formula is C16H23N5O2S. The van der Waals surface area contributed by atoms with Crippen LogP contribution in [-0.4, -0.2) is 44.2 Å². The van der Waals surface area contributed by atoms with E-state index in [1.165, 1.54) is 35.9 Å². The maximum Gasteiger partial charge on any atom is 0.306 e. The van der Waals surface area contributed by atoms with Gasteiger partial charge < -0.3 is 4.90 Å². The fraction of sp³-hybridized carbons (Fsp3) is 0.625. The summed E-state index contributed by atoms with van der Waals surface area (Å²) in [5.41, 5.74) is 1.24. The predicted octanol–water partition coefficient (Wildman–Crippen LogP) is 3.25. The van der Waals surface area contributed by atoms with Crippen molar-refractivity contribution in [2.45, 2.75) is 45.1 Å². The lowest BCUT2D eigenvalue weighted by Gasteiger charge is -2.31. The summed E-state index contributed by atoms with van der Waals surface area (Å²) in [7, 11) is 0. The lowest BCUT2D eigenvalue weighted by atomic mass is 9.98. The molecule has 0 radical (unpaired) electrons. The van der Waals surface area contributed by atoms with Crippen LogP contribution in [0.5, 0.6) is 0 Å². The van der Waals surface area contributed by atoms with E-state index < -0.39 is 4.92 Å². The van der Waals surface area contributed by atoms with Gasteiger partial charge in [-0.2, -0.15) is 5.10 Å². The largest absolute Gasteiger partial charge is 0.306 e. The highest BCUT2D eigenvalue weighted by molar-refractivity contribution is 7.09. The van der Waals surface area contributed by atoms with E-state index in [-0.39, 0.29) is 5.69 Å². The van der Waals surface area contributed by atoms with Gasteiger partial charge in [-0.1, -0.05) is 13.8 Å². The summed E-state index contributed by atoms with van der Waals surface area (Å²) in [6, 6.07) is 0. The Labute approximate surface area is 145 Å². The van der Waals surface area contributed by atoms with Gasteiger partial charge in [0, 0.05) is 24.4 Å². The molecule has 3 heterocycles. The number of likely N-dealkylation sites (tertiary alicyclic amines) is 1. The monoisotopic (exact) mass is 349 g/mol. The highest BCUT2D eigenvalue weighted by atomic mass is 32.1. The summed E-state index contributed by atoms with van der Waals surface area (Å²) in [5, 5.41) is 18.2. The van der Waals surface area contributed by atoms with Crippen molar-refractivity contribution < 1.29 is 4.92 Å². The van der Waals surface area contributed by atoms with Crippen LogP contribution in [0.2, 0.25) is 0 Å². The number of rotatable bonds is 6. The van der Waals surface area contributed by atoms with Crippen LogP contribution in [0, 0.1) is 10.1 Å². The second-order valence-electron chi connectivity index (χ2n) is 6.62. The van der Waals surface area contributed by atoms with Gasteiger partial charge in [0.1, 0.15) is 12.4 Å². The number of hydrogen-bond donors (Lipinski definition) is 0. The Morgan fingerprint density at radius 1 is 1.46 bits per heavy atom. The first kappa shape index (κ1) is 17.0. The quantitative estimate of drug-likeness (QED) is 0.591. The third-order valence-electron chi connectivity index (χ3n) is 4.46. The molecule has 7 nitrogen and oxygen atoms in total. The summed E-state index contributed by atoms with van der Waals surface area (Å²) in [6.07, 6.45) is 5.16. The Morgan fingerprint density at radius 2 is 2.29 bits per heavy atom. The number of hydrogen-bond acceptors (Lipinski definition) is 6. The van der Waals surface area contributed by atoms with Crippen LogP contribution >= 0.6 is 11.3 Å². The number of piperidine rings is 1. The van der Waals surface area contributed by atoms with Gasteiger partial charge in [0.05, 0.1) is 22.2 Å². The molecule has 2 aromatic rings. The molecule has 0 spiro atoms. The molecule has 1 fully saturated rings.